The molecule has 1 aromatic carbocycles. The Labute approximate surface area is 166 Å². The lowest BCUT2D eigenvalue weighted by molar-refractivity contribution is -0.274. The van der Waals surface area contributed by atoms with E-state index < -0.39 is 6.36 Å². The predicted molar refractivity (Wildman–Crippen MR) is 100 cm³/mol. The fourth-order valence-corrected chi connectivity index (χ4v) is 2.94. The molecule has 0 aliphatic rings. The van der Waals surface area contributed by atoms with Crippen LogP contribution in [0.4, 0.5) is 29.8 Å². The van der Waals surface area contributed by atoms with Gasteiger partial charge < -0.3 is 15.4 Å². The van der Waals surface area contributed by atoms with Crippen molar-refractivity contribution in [3.05, 3.63) is 58.7 Å². The summed E-state index contributed by atoms with van der Waals surface area (Å²) in [7, 11) is 0. The van der Waals surface area contributed by atoms with E-state index in [1.54, 1.807) is 17.5 Å². The van der Waals surface area contributed by atoms with Crippen molar-refractivity contribution in [1.29, 1.82) is 0 Å². The highest BCUT2D eigenvalue weighted by Crippen LogP contribution is 2.24. The smallest absolute Gasteiger partial charge is 0.406 e. The molecule has 2 aromatic heterocycles. The van der Waals surface area contributed by atoms with Crippen molar-refractivity contribution in [3.8, 4) is 5.75 Å². The Hall–Kier alpha value is -2.85. The van der Waals surface area contributed by atoms with Crippen molar-refractivity contribution in [2.75, 3.05) is 10.6 Å². The third kappa shape index (κ3) is 6.10. The van der Waals surface area contributed by atoms with Gasteiger partial charge in [-0.15, -0.1) is 24.5 Å². The van der Waals surface area contributed by atoms with Crippen molar-refractivity contribution in [1.82, 2.24) is 9.97 Å². The minimum Gasteiger partial charge on any atom is -0.406 e. The number of alkyl halides is 3. The average Bonchev–Trinajstić information content (AvgIpc) is 3.04. The molecule has 0 aliphatic heterocycles. The summed E-state index contributed by atoms with van der Waals surface area (Å²) in [6.45, 7) is 0. The highest BCUT2D eigenvalue weighted by atomic mass is 35.5. The number of ether oxygens (including phenoxy) is 1. The molecule has 0 fully saturated rings. The van der Waals surface area contributed by atoms with Gasteiger partial charge in [0.05, 0.1) is 17.1 Å². The van der Waals surface area contributed by atoms with Crippen LogP contribution in [0.5, 0.6) is 5.75 Å². The van der Waals surface area contributed by atoms with Crippen LogP contribution in [0.2, 0.25) is 5.02 Å². The second-order valence-electron chi connectivity index (χ2n) is 5.43. The third-order valence-corrected chi connectivity index (χ3v) is 4.26. The molecule has 1 amide bonds. The van der Waals surface area contributed by atoms with Crippen molar-refractivity contribution >= 4 is 45.5 Å². The summed E-state index contributed by atoms with van der Waals surface area (Å²) in [4.78, 5) is 20.5. The molecule has 6 nitrogen and oxygen atoms in total. The highest BCUT2D eigenvalue weighted by Gasteiger charge is 2.30. The molecule has 146 valence electrons. The summed E-state index contributed by atoms with van der Waals surface area (Å²) >= 11 is 7.08. The van der Waals surface area contributed by atoms with Crippen LogP contribution < -0.4 is 15.4 Å². The Kier molecular flexibility index (Phi) is 6.00. The standard InChI is InChI=1S/C17H12ClF3N4O2S/c18-10-1-6-14(22-8-10)25-16-24-12(9-28-16)7-15(26)23-11-2-4-13(5-3-11)27-17(19,20)21/h1-6,8-9H,7H2,(H,23,26)(H,22,24,25). The van der Waals surface area contributed by atoms with Crippen molar-refractivity contribution < 1.29 is 22.7 Å². The first kappa shape index (κ1) is 19.9. The van der Waals surface area contributed by atoms with Gasteiger partial charge in [-0.2, -0.15) is 0 Å². The molecular weight excluding hydrogens is 417 g/mol. The number of hydrogen-bond acceptors (Lipinski definition) is 6. The first-order valence-electron chi connectivity index (χ1n) is 7.75. The molecule has 3 aromatic rings. The normalized spacial score (nSPS) is 11.1. The molecule has 0 bridgehead atoms. The molecule has 0 saturated heterocycles. The molecule has 3 rings (SSSR count). The van der Waals surface area contributed by atoms with Crippen LogP contribution in [0.1, 0.15) is 5.69 Å². The molecule has 11 heteroatoms. The van der Waals surface area contributed by atoms with Crippen LogP contribution in [0, 0.1) is 0 Å². The van der Waals surface area contributed by atoms with E-state index in [2.05, 4.69) is 25.3 Å². The van der Waals surface area contributed by atoms with Crippen LogP contribution in [0.15, 0.2) is 48.0 Å². The molecular formula is C17H12ClF3N4O2S. The fourth-order valence-electron chi connectivity index (χ4n) is 2.11. The van der Waals surface area contributed by atoms with E-state index in [4.69, 9.17) is 11.6 Å². The zero-order valence-corrected chi connectivity index (χ0v) is 15.5. The van der Waals surface area contributed by atoms with Gasteiger partial charge >= 0.3 is 6.36 Å². The van der Waals surface area contributed by atoms with E-state index in [1.807, 2.05) is 0 Å². The van der Waals surface area contributed by atoms with Gasteiger partial charge in [0.15, 0.2) is 5.13 Å². The van der Waals surface area contributed by atoms with Crippen LogP contribution >= 0.6 is 22.9 Å². The molecule has 0 radical (unpaired) electrons. The number of thiazole rings is 1. The lowest BCUT2D eigenvalue weighted by atomic mass is 10.2. The number of nitrogens with zero attached hydrogens (tertiary/aromatic N) is 2. The van der Waals surface area contributed by atoms with Crippen molar-refractivity contribution in [3.63, 3.8) is 0 Å². The molecule has 0 atom stereocenters. The van der Waals surface area contributed by atoms with Gasteiger partial charge in [0.2, 0.25) is 5.91 Å². The summed E-state index contributed by atoms with van der Waals surface area (Å²) in [5, 5.41) is 8.38. The van der Waals surface area contributed by atoms with Crippen LogP contribution in [0.3, 0.4) is 0 Å². The van der Waals surface area contributed by atoms with Crippen molar-refractivity contribution in [2.45, 2.75) is 12.8 Å². The van der Waals surface area contributed by atoms with Crippen LogP contribution in [-0.4, -0.2) is 22.2 Å². The number of nitrogens with one attached hydrogen (secondary N) is 2. The monoisotopic (exact) mass is 428 g/mol. The van der Waals surface area contributed by atoms with Gasteiger partial charge in [0.1, 0.15) is 11.6 Å². The van der Waals surface area contributed by atoms with E-state index in [9.17, 15) is 18.0 Å². The largest absolute Gasteiger partial charge is 0.573 e. The predicted octanol–water partition coefficient (Wildman–Crippen LogP) is 5.01. The molecule has 0 aliphatic carbocycles. The number of anilines is 3. The minimum atomic E-state index is -4.76. The number of halogens is 4. The zero-order valence-electron chi connectivity index (χ0n) is 14.0. The second kappa shape index (κ2) is 8.44. The summed E-state index contributed by atoms with van der Waals surface area (Å²) in [5.41, 5.74) is 0.884. The van der Waals surface area contributed by atoms with Gasteiger partial charge in [-0.25, -0.2) is 9.97 Å². The van der Waals surface area contributed by atoms with E-state index in [0.29, 0.717) is 27.4 Å². The maximum absolute atomic E-state index is 12.1. The van der Waals surface area contributed by atoms with E-state index in [1.165, 1.54) is 29.7 Å². The molecule has 2 heterocycles. The Morgan fingerprint density at radius 1 is 1.18 bits per heavy atom. The third-order valence-electron chi connectivity index (χ3n) is 3.23. The number of rotatable bonds is 6. The van der Waals surface area contributed by atoms with Gasteiger partial charge in [-0.05, 0) is 36.4 Å². The molecule has 0 unspecified atom stereocenters. The highest BCUT2D eigenvalue weighted by molar-refractivity contribution is 7.13. The van der Waals surface area contributed by atoms with Gasteiger partial charge in [-0.1, -0.05) is 11.6 Å². The summed E-state index contributed by atoms with van der Waals surface area (Å²) in [5.74, 6) is -0.154. The molecule has 0 spiro atoms. The number of carbonyl (C=O) groups is 1. The molecule has 28 heavy (non-hydrogen) atoms. The van der Waals surface area contributed by atoms with Crippen LogP contribution in [-0.2, 0) is 11.2 Å². The topological polar surface area (TPSA) is 76.1 Å². The first-order chi connectivity index (χ1) is 13.3. The zero-order chi connectivity index (χ0) is 20.1. The number of carbonyl (C=O) groups excluding carboxylic acids is 1. The number of benzene rings is 1. The Balaban J connectivity index is 1.53. The van der Waals surface area contributed by atoms with E-state index in [-0.39, 0.29) is 18.1 Å². The minimum absolute atomic E-state index is 0.00697. The number of pyridine rings is 1. The van der Waals surface area contributed by atoms with Gasteiger partial charge in [0, 0.05) is 17.3 Å². The number of amides is 1. The fraction of sp³-hybridized carbons (Fsp3) is 0.118. The quantitative estimate of drug-likeness (QED) is 0.577. The first-order valence-corrected chi connectivity index (χ1v) is 9.01. The second-order valence-corrected chi connectivity index (χ2v) is 6.72. The Bertz CT molecular complexity index is 946. The van der Waals surface area contributed by atoms with E-state index in [0.717, 1.165) is 12.1 Å². The van der Waals surface area contributed by atoms with Crippen LogP contribution in [0.25, 0.3) is 0 Å². The summed E-state index contributed by atoms with van der Waals surface area (Å²) in [6.07, 6.45) is -3.26. The van der Waals surface area contributed by atoms with Gasteiger partial charge in [-0.3, -0.25) is 4.79 Å². The maximum Gasteiger partial charge on any atom is 0.573 e. The Morgan fingerprint density at radius 3 is 2.57 bits per heavy atom. The molecule has 2 N–H and O–H groups in total. The number of aromatic nitrogens is 2. The Morgan fingerprint density at radius 2 is 1.93 bits per heavy atom. The average molecular weight is 429 g/mol. The summed E-state index contributed by atoms with van der Waals surface area (Å²) < 4.78 is 40.2. The lowest BCUT2D eigenvalue weighted by Crippen LogP contribution is -2.17. The van der Waals surface area contributed by atoms with Gasteiger partial charge in [0.25, 0.3) is 0 Å². The van der Waals surface area contributed by atoms with E-state index >= 15 is 0 Å². The SMILES string of the molecule is O=C(Cc1csc(Nc2ccc(Cl)cn2)n1)Nc1ccc(OC(F)(F)F)cc1. The maximum atomic E-state index is 12.1. The summed E-state index contributed by atoms with van der Waals surface area (Å²) in [6, 6.07) is 8.25. The lowest BCUT2D eigenvalue weighted by Gasteiger charge is -2.09. The molecule has 0 saturated carbocycles. The number of hydrogen-bond donors (Lipinski definition) is 2. The van der Waals surface area contributed by atoms with Crippen molar-refractivity contribution in [2.24, 2.45) is 0 Å².